The predicted molar refractivity (Wildman–Crippen MR) is 68.7 cm³/mol. The van der Waals surface area contributed by atoms with E-state index < -0.39 is 0 Å². The number of fused-ring (bicyclic) bond motifs is 1. The Balaban J connectivity index is 2.54. The molecule has 1 aromatic rings. The molecule has 2 rings (SSSR count). The average Bonchev–Trinajstić information content (AvgIpc) is 2.42. The molecule has 1 nitrogen and oxygen atoms in total. The van der Waals surface area contributed by atoms with Gasteiger partial charge in [-0.2, -0.15) is 0 Å². The van der Waals surface area contributed by atoms with E-state index in [1.165, 1.54) is 17.7 Å². The predicted octanol–water partition coefficient (Wildman–Crippen LogP) is 4.14. The molecule has 1 atom stereocenters. The normalized spacial score (nSPS) is 23.9. The van der Waals surface area contributed by atoms with Crippen LogP contribution in [0.15, 0.2) is 28.1 Å². The van der Waals surface area contributed by atoms with Crippen LogP contribution in [0.25, 0.3) is 0 Å². The van der Waals surface area contributed by atoms with Crippen molar-refractivity contribution in [3.05, 3.63) is 23.8 Å². The molecule has 1 heterocycles. The summed E-state index contributed by atoms with van der Waals surface area (Å²) in [5.41, 5.74) is 3.83. The van der Waals surface area contributed by atoms with E-state index in [4.69, 9.17) is 0 Å². The molecule has 1 unspecified atom stereocenters. The maximum Gasteiger partial charge on any atom is 0.0671 e. The number of hydrogen-bond acceptors (Lipinski definition) is 2. The van der Waals surface area contributed by atoms with Gasteiger partial charge in [-0.3, -0.25) is 4.99 Å². The fourth-order valence-corrected chi connectivity index (χ4v) is 2.58. The molecule has 0 amide bonds. The van der Waals surface area contributed by atoms with Gasteiger partial charge in [-0.1, -0.05) is 20.3 Å². The summed E-state index contributed by atoms with van der Waals surface area (Å²) in [6, 6.07) is 6.24. The van der Waals surface area contributed by atoms with Gasteiger partial charge in [0, 0.05) is 16.0 Å². The van der Waals surface area contributed by atoms with E-state index in [-0.39, 0.29) is 5.41 Å². The monoisotopic (exact) mass is 219 g/mol. The van der Waals surface area contributed by atoms with Crippen molar-refractivity contribution in [3.63, 3.8) is 0 Å². The van der Waals surface area contributed by atoms with E-state index in [1.54, 1.807) is 0 Å². The van der Waals surface area contributed by atoms with Crippen LogP contribution in [0.3, 0.4) is 0 Å². The fraction of sp³-hybridized carbons (Fsp3) is 0.462. The molecule has 1 aromatic carbocycles. The average molecular weight is 219 g/mol. The van der Waals surface area contributed by atoms with Gasteiger partial charge < -0.3 is 0 Å². The summed E-state index contributed by atoms with van der Waals surface area (Å²) in [4.78, 5) is 5.68. The standard InChI is InChI=1S/C13H17NS/c1-4-7-13(3)9(2)14-12-6-5-10(15)8-11(12)13/h5-6,8,15H,4,7H2,1-3H3. The zero-order chi connectivity index (χ0) is 11.1. The van der Waals surface area contributed by atoms with Crippen LogP contribution in [0, 0.1) is 0 Å². The molecule has 0 saturated carbocycles. The molecule has 1 aliphatic rings. The largest absolute Gasteiger partial charge is 0.257 e. The quantitative estimate of drug-likeness (QED) is 0.718. The summed E-state index contributed by atoms with van der Waals surface area (Å²) < 4.78 is 0. The zero-order valence-electron chi connectivity index (χ0n) is 9.54. The first-order valence-electron chi connectivity index (χ1n) is 5.47. The van der Waals surface area contributed by atoms with Crippen molar-refractivity contribution in [2.75, 3.05) is 0 Å². The molecule has 0 aromatic heterocycles. The van der Waals surface area contributed by atoms with E-state index in [0.717, 1.165) is 17.0 Å². The molecule has 0 radical (unpaired) electrons. The minimum absolute atomic E-state index is 0.128. The van der Waals surface area contributed by atoms with Crippen LogP contribution in [-0.2, 0) is 5.41 Å². The van der Waals surface area contributed by atoms with Gasteiger partial charge in [0.2, 0.25) is 0 Å². The van der Waals surface area contributed by atoms with Crippen molar-refractivity contribution in [2.24, 2.45) is 4.99 Å². The second-order valence-electron chi connectivity index (χ2n) is 4.48. The first-order valence-corrected chi connectivity index (χ1v) is 5.92. The molecular weight excluding hydrogens is 202 g/mol. The number of aliphatic imine (C=N–C) groups is 1. The van der Waals surface area contributed by atoms with E-state index in [0.29, 0.717) is 0 Å². The third-order valence-corrected chi connectivity index (χ3v) is 3.69. The smallest absolute Gasteiger partial charge is 0.0671 e. The number of hydrogen-bond donors (Lipinski definition) is 1. The van der Waals surface area contributed by atoms with Crippen molar-refractivity contribution < 1.29 is 0 Å². The van der Waals surface area contributed by atoms with Crippen LogP contribution in [0.5, 0.6) is 0 Å². The molecule has 0 aliphatic carbocycles. The Morgan fingerprint density at radius 1 is 1.40 bits per heavy atom. The molecular formula is C13H17NS. The van der Waals surface area contributed by atoms with Gasteiger partial charge in [0.1, 0.15) is 0 Å². The van der Waals surface area contributed by atoms with Crippen molar-refractivity contribution >= 4 is 24.0 Å². The van der Waals surface area contributed by atoms with Crippen molar-refractivity contribution in [1.29, 1.82) is 0 Å². The van der Waals surface area contributed by atoms with E-state index in [9.17, 15) is 0 Å². The van der Waals surface area contributed by atoms with Gasteiger partial charge in [0.15, 0.2) is 0 Å². The number of rotatable bonds is 2. The molecule has 15 heavy (non-hydrogen) atoms. The summed E-state index contributed by atoms with van der Waals surface area (Å²) in [5, 5.41) is 0. The molecule has 0 spiro atoms. The van der Waals surface area contributed by atoms with Crippen LogP contribution >= 0.6 is 12.6 Å². The summed E-state index contributed by atoms with van der Waals surface area (Å²) in [6.45, 7) is 6.64. The molecule has 0 fully saturated rings. The highest BCUT2D eigenvalue weighted by Crippen LogP contribution is 2.43. The van der Waals surface area contributed by atoms with Crippen molar-refractivity contribution in [2.45, 2.75) is 43.9 Å². The van der Waals surface area contributed by atoms with Crippen LogP contribution in [0.1, 0.15) is 39.2 Å². The van der Waals surface area contributed by atoms with Crippen LogP contribution in [0.4, 0.5) is 5.69 Å². The SMILES string of the molecule is CCCC1(C)C(C)=Nc2ccc(S)cc21. The Morgan fingerprint density at radius 3 is 2.80 bits per heavy atom. The van der Waals surface area contributed by atoms with Crippen molar-refractivity contribution in [1.82, 2.24) is 0 Å². The van der Waals surface area contributed by atoms with Crippen LogP contribution in [0.2, 0.25) is 0 Å². The lowest BCUT2D eigenvalue weighted by atomic mass is 9.76. The highest BCUT2D eigenvalue weighted by molar-refractivity contribution is 7.80. The van der Waals surface area contributed by atoms with Gasteiger partial charge >= 0.3 is 0 Å². The first-order chi connectivity index (χ1) is 7.08. The molecule has 2 heteroatoms. The lowest BCUT2D eigenvalue weighted by Crippen LogP contribution is -2.27. The van der Waals surface area contributed by atoms with Gasteiger partial charge in [-0.25, -0.2) is 0 Å². The van der Waals surface area contributed by atoms with Gasteiger partial charge in [-0.05, 0) is 37.1 Å². The Bertz CT molecular complexity index is 423. The maximum absolute atomic E-state index is 4.65. The Hall–Kier alpha value is -0.760. The summed E-state index contributed by atoms with van der Waals surface area (Å²) in [7, 11) is 0. The van der Waals surface area contributed by atoms with Crippen molar-refractivity contribution in [3.8, 4) is 0 Å². The molecule has 1 aliphatic heterocycles. The molecule has 0 N–H and O–H groups in total. The lowest BCUT2D eigenvalue weighted by molar-refractivity contribution is 0.573. The van der Waals surface area contributed by atoms with Gasteiger partial charge in [-0.15, -0.1) is 12.6 Å². The lowest BCUT2D eigenvalue weighted by Gasteiger charge is -2.25. The first kappa shape index (κ1) is 10.7. The van der Waals surface area contributed by atoms with E-state index in [1.807, 2.05) is 6.07 Å². The van der Waals surface area contributed by atoms with E-state index >= 15 is 0 Å². The fourth-order valence-electron chi connectivity index (χ4n) is 2.38. The molecule has 80 valence electrons. The number of nitrogens with zero attached hydrogens (tertiary/aromatic N) is 1. The number of benzene rings is 1. The Kier molecular flexibility index (Phi) is 2.63. The highest BCUT2D eigenvalue weighted by atomic mass is 32.1. The third kappa shape index (κ3) is 1.61. The molecule has 0 bridgehead atoms. The highest BCUT2D eigenvalue weighted by Gasteiger charge is 2.35. The van der Waals surface area contributed by atoms with Crippen LogP contribution in [-0.4, -0.2) is 5.71 Å². The number of thiol groups is 1. The van der Waals surface area contributed by atoms with Crippen LogP contribution < -0.4 is 0 Å². The zero-order valence-corrected chi connectivity index (χ0v) is 10.4. The molecule has 0 saturated heterocycles. The maximum atomic E-state index is 4.65. The van der Waals surface area contributed by atoms with E-state index in [2.05, 4.69) is 50.5 Å². The second kappa shape index (κ2) is 3.67. The summed E-state index contributed by atoms with van der Waals surface area (Å²) in [6.07, 6.45) is 2.34. The minimum atomic E-state index is 0.128. The Morgan fingerprint density at radius 2 is 2.13 bits per heavy atom. The summed E-state index contributed by atoms with van der Waals surface area (Å²) in [5.74, 6) is 0. The second-order valence-corrected chi connectivity index (χ2v) is 5.00. The summed E-state index contributed by atoms with van der Waals surface area (Å²) >= 11 is 4.41. The third-order valence-electron chi connectivity index (χ3n) is 3.41. The Labute approximate surface area is 97.0 Å². The van der Waals surface area contributed by atoms with Gasteiger partial charge in [0.25, 0.3) is 0 Å². The topological polar surface area (TPSA) is 12.4 Å². The minimum Gasteiger partial charge on any atom is -0.257 e. The van der Waals surface area contributed by atoms with Gasteiger partial charge in [0.05, 0.1) is 5.69 Å².